The van der Waals surface area contributed by atoms with E-state index in [2.05, 4.69) is 5.16 Å². The Morgan fingerprint density at radius 3 is 2.24 bits per heavy atom. The Labute approximate surface area is 128 Å². The molecule has 106 valence electrons. The number of hydrogen-bond acceptors (Lipinski definition) is 3. The van der Waals surface area contributed by atoms with Crippen LogP contribution in [0.3, 0.4) is 0 Å². The van der Waals surface area contributed by atoms with E-state index in [-0.39, 0.29) is 0 Å². The fourth-order valence-electron chi connectivity index (χ4n) is 1.94. The van der Waals surface area contributed by atoms with E-state index in [9.17, 15) is 4.79 Å². The molecule has 2 aromatic carbocycles. The van der Waals surface area contributed by atoms with Gasteiger partial charge in [0.05, 0.1) is 10.6 Å². The smallest absolute Gasteiger partial charge is 0.209 e. The van der Waals surface area contributed by atoms with E-state index in [1.807, 2.05) is 49.4 Å². The highest BCUT2D eigenvalue weighted by Crippen LogP contribution is 2.30. The number of ketones is 1. The van der Waals surface area contributed by atoms with Crippen LogP contribution < -0.4 is 0 Å². The van der Waals surface area contributed by atoms with Gasteiger partial charge in [0.25, 0.3) is 0 Å². The Balaban J connectivity index is 2.60. The van der Waals surface area contributed by atoms with Gasteiger partial charge >= 0.3 is 0 Å². The summed E-state index contributed by atoms with van der Waals surface area (Å²) in [5.41, 5.74) is 2.82. The van der Waals surface area contributed by atoms with Gasteiger partial charge in [-0.25, -0.2) is 0 Å². The lowest BCUT2D eigenvalue weighted by molar-refractivity contribution is -0.107. The Morgan fingerprint density at radius 2 is 1.67 bits per heavy atom. The molecule has 0 radical (unpaired) electrons. The van der Waals surface area contributed by atoms with Crippen LogP contribution in [0.5, 0.6) is 0 Å². The third-order valence-corrected chi connectivity index (χ3v) is 3.42. The Bertz CT molecular complexity index is 688. The molecule has 0 aromatic heterocycles. The summed E-state index contributed by atoms with van der Waals surface area (Å²) in [7, 11) is 0. The molecule has 0 aliphatic carbocycles. The molecule has 0 fully saturated rings. The van der Waals surface area contributed by atoms with Gasteiger partial charge in [-0.05, 0) is 18.1 Å². The minimum atomic E-state index is -0.450. The van der Waals surface area contributed by atoms with Crippen LogP contribution in [0.4, 0.5) is 0 Å². The normalized spacial score (nSPS) is 12.3. The molecule has 0 heterocycles. The summed E-state index contributed by atoms with van der Waals surface area (Å²) < 4.78 is 0. The van der Waals surface area contributed by atoms with Gasteiger partial charge in [0.2, 0.25) is 5.78 Å². The van der Waals surface area contributed by atoms with E-state index >= 15 is 0 Å². The first-order chi connectivity index (χ1) is 10.1. The van der Waals surface area contributed by atoms with Crippen LogP contribution in [-0.2, 0) is 4.79 Å². The third kappa shape index (κ3) is 3.58. The third-order valence-electron chi connectivity index (χ3n) is 3.01. The Hall–Kier alpha value is -2.39. The molecule has 0 unspecified atom stereocenters. The second-order valence-corrected chi connectivity index (χ2v) is 4.91. The molecule has 0 aliphatic heterocycles. The molecular formula is C17H14ClNO2. The van der Waals surface area contributed by atoms with Gasteiger partial charge in [-0.15, -0.1) is 0 Å². The molecule has 0 amide bonds. The van der Waals surface area contributed by atoms with E-state index in [4.69, 9.17) is 16.8 Å². The fraction of sp³-hybridized carbons (Fsp3) is 0.0588. The SMILES string of the molecule is Cc1ccc(C(Cl)=C(C(=O)C=NO)c2ccccc2)cc1. The predicted molar refractivity (Wildman–Crippen MR) is 85.6 cm³/mol. The number of rotatable bonds is 4. The van der Waals surface area contributed by atoms with Gasteiger partial charge in [0.1, 0.15) is 6.21 Å². The molecule has 2 aromatic rings. The standard InChI is InChI=1S/C17H14ClNO2/c1-12-7-9-14(10-8-12)17(18)16(15(20)11-19-21)13-5-3-2-4-6-13/h2-11,21H,1H3. The van der Waals surface area contributed by atoms with E-state index in [0.29, 0.717) is 16.2 Å². The lowest BCUT2D eigenvalue weighted by Crippen LogP contribution is -2.05. The average molecular weight is 300 g/mol. The molecule has 0 saturated carbocycles. The average Bonchev–Trinajstić information content (AvgIpc) is 2.49. The first-order valence-corrected chi connectivity index (χ1v) is 6.75. The van der Waals surface area contributed by atoms with Gasteiger partial charge in [-0.2, -0.15) is 0 Å². The number of aryl methyl sites for hydroxylation is 1. The molecule has 0 spiro atoms. The molecule has 0 saturated heterocycles. The number of allylic oxidation sites excluding steroid dienone is 1. The first kappa shape index (κ1) is 15.0. The van der Waals surface area contributed by atoms with Crippen LogP contribution in [-0.4, -0.2) is 17.2 Å². The highest BCUT2D eigenvalue weighted by atomic mass is 35.5. The van der Waals surface area contributed by atoms with Crippen LogP contribution in [0.2, 0.25) is 0 Å². The van der Waals surface area contributed by atoms with Crippen LogP contribution in [0, 0.1) is 6.92 Å². The van der Waals surface area contributed by atoms with E-state index in [0.717, 1.165) is 17.3 Å². The van der Waals surface area contributed by atoms with Crippen molar-refractivity contribution in [3.63, 3.8) is 0 Å². The van der Waals surface area contributed by atoms with Crippen LogP contribution in [0.15, 0.2) is 59.8 Å². The molecule has 0 atom stereocenters. The number of halogens is 1. The van der Waals surface area contributed by atoms with Crippen molar-refractivity contribution >= 4 is 34.2 Å². The topological polar surface area (TPSA) is 49.7 Å². The minimum absolute atomic E-state index is 0.305. The summed E-state index contributed by atoms with van der Waals surface area (Å²) in [6, 6.07) is 16.6. The van der Waals surface area contributed by atoms with Gasteiger partial charge in [-0.1, -0.05) is 76.9 Å². The number of oxime groups is 1. The highest BCUT2D eigenvalue weighted by Gasteiger charge is 2.16. The van der Waals surface area contributed by atoms with Crippen LogP contribution in [0.25, 0.3) is 10.6 Å². The molecule has 3 nitrogen and oxygen atoms in total. The Kier molecular flexibility index (Phi) is 4.90. The summed E-state index contributed by atoms with van der Waals surface area (Å²) in [5, 5.41) is 11.7. The monoisotopic (exact) mass is 299 g/mol. The zero-order valence-corrected chi connectivity index (χ0v) is 12.2. The van der Waals surface area contributed by atoms with E-state index < -0.39 is 5.78 Å². The summed E-state index contributed by atoms with van der Waals surface area (Å²) in [6.45, 7) is 1.98. The summed E-state index contributed by atoms with van der Waals surface area (Å²) >= 11 is 6.41. The predicted octanol–water partition coefficient (Wildman–Crippen LogP) is 4.13. The van der Waals surface area contributed by atoms with Crippen molar-refractivity contribution in [1.29, 1.82) is 0 Å². The molecule has 4 heteroatoms. The molecule has 21 heavy (non-hydrogen) atoms. The van der Waals surface area contributed by atoms with Crippen molar-refractivity contribution in [3.8, 4) is 0 Å². The van der Waals surface area contributed by atoms with Crippen molar-refractivity contribution in [3.05, 3.63) is 71.3 Å². The largest absolute Gasteiger partial charge is 0.411 e. The van der Waals surface area contributed by atoms with Crippen LogP contribution in [0.1, 0.15) is 16.7 Å². The van der Waals surface area contributed by atoms with Gasteiger partial charge in [0, 0.05) is 0 Å². The highest BCUT2D eigenvalue weighted by molar-refractivity contribution is 6.62. The van der Waals surface area contributed by atoms with Crippen molar-refractivity contribution in [2.24, 2.45) is 5.16 Å². The lowest BCUT2D eigenvalue weighted by Gasteiger charge is -2.09. The fourth-order valence-corrected chi connectivity index (χ4v) is 2.27. The maximum absolute atomic E-state index is 12.2. The number of Topliss-reactive ketones (excluding diaryl/α,β-unsaturated/α-hetero) is 1. The summed E-state index contributed by atoms with van der Waals surface area (Å²) in [5.74, 6) is -0.450. The number of carbonyl (C=O) groups is 1. The lowest BCUT2D eigenvalue weighted by atomic mass is 9.99. The number of carbonyl (C=O) groups excluding carboxylic acids is 1. The van der Waals surface area contributed by atoms with E-state index in [1.165, 1.54) is 0 Å². The summed E-state index contributed by atoms with van der Waals surface area (Å²) in [4.78, 5) is 12.2. The number of nitrogens with zero attached hydrogens (tertiary/aromatic N) is 1. The molecule has 1 N–H and O–H groups in total. The minimum Gasteiger partial charge on any atom is -0.411 e. The second-order valence-electron chi connectivity index (χ2n) is 4.53. The molecule has 0 aliphatic rings. The number of benzene rings is 2. The van der Waals surface area contributed by atoms with Crippen LogP contribution >= 0.6 is 11.6 Å². The maximum atomic E-state index is 12.2. The van der Waals surface area contributed by atoms with Gasteiger partial charge in [0.15, 0.2) is 0 Å². The molecule has 2 rings (SSSR count). The van der Waals surface area contributed by atoms with Crippen molar-refractivity contribution in [1.82, 2.24) is 0 Å². The Morgan fingerprint density at radius 1 is 1.05 bits per heavy atom. The molecular weight excluding hydrogens is 286 g/mol. The second kappa shape index (κ2) is 6.86. The zero-order valence-electron chi connectivity index (χ0n) is 11.5. The quantitative estimate of drug-likeness (QED) is 0.303. The van der Waals surface area contributed by atoms with Crippen molar-refractivity contribution in [2.45, 2.75) is 6.92 Å². The zero-order chi connectivity index (χ0) is 15.2. The van der Waals surface area contributed by atoms with E-state index in [1.54, 1.807) is 12.1 Å². The molecule has 0 bridgehead atoms. The summed E-state index contributed by atoms with van der Waals surface area (Å²) in [6.07, 6.45) is 0.846. The van der Waals surface area contributed by atoms with Gasteiger partial charge in [-0.3, -0.25) is 4.79 Å². The first-order valence-electron chi connectivity index (χ1n) is 6.37. The number of hydrogen-bond donors (Lipinski definition) is 1. The van der Waals surface area contributed by atoms with Gasteiger partial charge < -0.3 is 5.21 Å². The van der Waals surface area contributed by atoms with Crippen molar-refractivity contribution < 1.29 is 10.0 Å². The van der Waals surface area contributed by atoms with Crippen molar-refractivity contribution in [2.75, 3.05) is 0 Å². The maximum Gasteiger partial charge on any atom is 0.209 e.